The Morgan fingerprint density at radius 1 is 1.14 bits per heavy atom. The molecule has 0 saturated carbocycles. The van der Waals surface area contributed by atoms with Gasteiger partial charge in [-0.25, -0.2) is 9.97 Å². The zero-order valence-corrected chi connectivity index (χ0v) is 17.9. The average Bonchev–Trinajstić information content (AvgIpc) is 3.29. The van der Waals surface area contributed by atoms with Gasteiger partial charge < -0.3 is 4.74 Å². The van der Waals surface area contributed by atoms with Gasteiger partial charge in [0.25, 0.3) is 5.91 Å². The van der Waals surface area contributed by atoms with Gasteiger partial charge in [0.1, 0.15) is 4.34 Å². The average molecular weight is 434 g/mol. The zero-order chi connectivity index (χ0) is 19.9. The highest BCUT2D eigenvalue weighted by molar-refractivity contribution is 8.00. The van der Waals surface area contributed by atoms with Crippen molar-refractivity contribution in [2.24, 2.45) is 0 Å². The van der Waals surface area contributed by atoms with Crippen LogP contribution in [-0.4, -0.2) is 28.5 Å². The van der Waals surface area contributed by atoms with E-state index in [1.807, 2.05) is 24.4 Å². The molecule has 9 heteroatoms. The highest BCUT2D eigenvalue weighted by Gasteiger charge is 2.12. The summed E-state index contributed by atoms with van der Waals surface area (Å²) in [6, 6.07) is 7.48. The number of benzene rings is 1. The number of carbonyl (C=O) groups is 2. The molecule has 0 unspecified atom stereocenters. The van der Waals surface area contributed by atoms with E-state index < -0.39 is 0 Å². The second-order valence-corrected chi connectivity index (χ2v) is 8.76. The predicted molar refractivity (Wildman–Crippen MR) is 113 cm³/mol. The molecule has 0 saturated heterocycles. The summed E-state index contributed by atoms with van der Waals surface area (Å²) < 4.78 is 5.94. The SMILES string of the molecule is CCOC(=O)Cc1csc(NC(=O)c2ccc(CSc3nc(C)cs3)cc2)n1. The Morgan fingerprint density at radius 2 is 1.93 bits per heavy atom. The first-order valence-electron chi connectivity index (χ1n) is 8.58. The van der Waals surface area contributed by atoms with Crippen molar-refractivity contribution in [2.75, 3.05) is 11.9 Å². The van der Waals surface area contributed by atoms with E-state index in [-0.39, 0.29) is 18.3 Å². The lowest BCUT2D eigenvalue weighted by molar-refractivity contribution is -0.142. The first-order valence-corrected chi connectivity index (χ1v) is 11.3. The molecular weight excluding hydrogens is 414 g/mol. The summed E-state index contributed by atoms with van der Waals surface area (Å²) in [4.78, 5) is 32.6. The number of amides is 1. The minimum Gasteiger partial charge on any atom is -0.466 e. The van der Waals surface area contributed by atoms with Gasteiger partial charge in [-0.1, -0.05) is 23.9 Å². The van der Waals surface area contributed by atoms with Crippen LogP contribution in [0.15, 0.2) is 39.4 Å². The van der Waals surface area contributed by atoms with Gasteiger partial charge in [0.2, 0.25) is 0 Å². The molecule has 28 heavy (non-hydrogen) atoms. The molecule has 0 atom stereocenters. The summed E-state index contributed by atoms with van der Waals surface area (Å²) in [5, 5.41) is 7.01. The van der Waals surface area contributed by atoms with Gasteiger partial charge in [-0.3, -0.25) is 14.9 Å². The van der Waals surface area contributed by atoms with E-state index in [1.165, 1.54) is 11.3 Å². The molecule has 3 rings (SSSR count). The van der Waals surface area contributed by atoms with E-state index in [4.69, 9.17) is 4.74 Å². The number of anilines is 1. The zero-order valence-electron chi connectivity index (χ0n) is 15.4. The number of esters is 1. The molecule has 0 bridgehead atoms. The van der Waals surface area contributed by atoms with Gasteiger partial charge in [0, 0.05) is 27.8 Å². The third-order valence-corrected chi connectivity index (χ3v) is 6.60. The largest absolute Gasteiger partial charge is 0.466 e. The lowest BCUT2D eigenvalue weighted by Crippen LogP contribution is -2.12. The summed E-state index contributed by atoms with van der Waals surface area (Å²) in [5.41, 5.74) is 3.30. The van der Waals surface area contributed by atoms with Crippen molar-refractivity contribution in [3.8, 4) is 0 Å². The Hall–Kier alpha value is -2.23. The Labute approximate surface area is 175 Å². The third kappa shape index (κ3) is 5.88. The number of thioether (sulfide) groups is 1. The molecule has 2 aromatic heterocycles. The van der Waals surface area contributed by atoms with Crippen molar-refractivity contribution in [1.82, 2.24) is 9.97 Å². The number of hydrogen-bond acceptors (Lipinski definition) is 8. The van der Waals surface area contributed by atoms with Crippen LogP contribution < -0.4 is 5.32 Å². The van der Waals surface area contributed by atoms with Crippen molar-refractivity contribution >= 4 is 51.4 Å². The fourth-order valence-corrected chi connectivity index (χ4v) is 4.78. The second kappa shape index (κ2) is 9.81. The molecule has 6 nitrogen and oxygen atoms in total. The van der Waals surface area contributed by atoms with Crippen LogP contribution in [0.4, 0.5) is 5.13 Å². The van der Waals surface area contributed by atoms with E-state index in [2.05, 4.69) is 15.3 Å². The van der Waals surface area contributed by atoms with E-state index in [1.54, 1.807) is 47.5 Å². The molecule has 2 heterocycles. The maximum Gasteiger partial charge on any atom is 0.311 e. The number of hydrogen-bond donors (Lipinski definition) is 1. The standard InChI is InChI=1S/C19H19N3O3S3/c1-3-25-16(23)8-15-11-26-18(21-15)22-17(24)14-6-4-13(5-7-14)10-28-19-20-12(2)9-27-19/h4-7,9,11H,3,8,10H2,1-2H3,(H,21,22,24). The molecule has 146 valence electrons. The van der Waals surface area contributed by atoms with E-state index in [9.17, 15) is 9.59 Å². The smallest absolute Gasteiger partial charge is 0.311 e. The topological polar surface area (TPSA) is 81.2 Å². The Kier molecular flexibility index (Phi) is 7.18. The van der Waals surface area contributed by atoms with Gasteiger partial charge in [-0.15, -0.1) is 22.7 Å². The van der Waals surface area contributed by atoms with Crippen LogP contribution in [0.25, 0.3) is 0 Å². The maximum atomic E-state index is 12.4. The molecule has 0 aliphatic heterocycles. The molecule has 0 fully saturated rings. The molecule has 1 N–H and O–H groups in total. The lowest BCUT2D eigenvalue weighted by Gasteiger charge is -2.04. The van der Waals surface area contributed by atoms with Gasteiger partial charge >= 0.3 is 5.97 Å². The van der Waals surface area contributed by atoms with Crippen molar-refractivity contribution in [3.05, 3.63) is 57.5 Å². The number of thiazole rings is 2. The van der Waals surface area contributed by atoms with E-state index in [0.29, 0.717) is 23.0 Å². The Bertz CT molecular complexity index is 951. The van der Waals surface area contributed by atoms with Gasteiger partial charge in [-0.05, 0) is 31.5 Å². The van der Waals surface area contributed by atoms with Crippen molar-refractivity contribution in [1.29, 1.82) is 0 Å². The van der Waals surface area contributed by atoms with Crippen molar-refractivity contribution < 1.29 is 14.3 Å². The normalized spacial score (nSPS) is 10.6. The first-order chi connectivity index (χ1) is 13.5. The number of ether oxygens (including phenoxy) is 1. The maximum absolute atomic E-state index is 12.4. The van der Waals surface area contributed by atoms with Crippen molar-refractivity contribution in [3.63, 3.8) is 0 Å². The molecule has 3 aromatic rings. The quantitative estimate of drug-likeness (QED) is 0.414. The van der Waals surface area contributed by atoms with Crippen LogP contribution in [0.2, 0.25) is 0 Å². The van der Waals surface area contributed by atoms with Crippen LogP contribution in [0, 0.1) is 6.92 Å². The summed E-state index contributed by atoms with van der Waals surface area (Å²) in [7, 11) is 0. The van der Waals surface area contributed by atoms with Crippen LogP contribution in [0.1, 0.15) is 34.2 Å². The van der Waals surface area contributed by atoms with Crippen LogP contribution in [0.5, 0.6) is 0 Å². The molecular formula is C19H19N3O3S3. The number of rotatable bonds is 8. The van der Waals surface area contributed by atoms with Crippen LogP contribution in [0.3, 0.4) is 0 Å². The summed E-state index contributed by atoms with van der Waals surface area (Å²) in [5.74, 6) is 0.247. The Morgan fingerprint density at radius 3 is 2.61 bits per heavy atom. The fourth-order valence-electron chi connectivity index (χ4n) is 2.27. The van der Waals surface area contributed by atoms with E-state index >= 15 is 0 Å². The molecule has 0 radical (unpaired) electrons. The number of nitrogens with zero attached hydrogens (tertiary/aromatic N) is 2. The molecule has 0 aliphatic carbocycles. The highest BCUT2D eigenvalue weighted by Crippen LogP contribution is 2.26. The molecule has 0 spiro atoms. The second-order valence-electron chi connectivity index (χ2n) is 5.82. The number of aromatic nitrogens is 2. The van der Waals surface area contributed by atoms with E-state index in [0.717, 1.165) is 21.3 Å². The fraction of sp³-hybridized carbons (Fsp3) is 0.263. The summed E-state index contributed by atoms with van der Waals surface area (Å²) in [6.07, 6.45) is 0.102. The monoisotopic (exact) mass is 433 g/mol. The molecule has 1 amide bonds. The van der Waals surface area contributed by atoms with Crippen LogP contribution >= 0.6 is 34.4 Å². The minimum atomic E-state index is -0.327. The number of nitrogens with one attached hydrogen (secondary N) is 1. The minimum absolute atomic E-state index is 0.102. The van der Waals surface area contributed by atoms with Gasteiger partial charge in [0.15, 0.2) is 5.13 Å². The Balaban J connectivity index is 1.53. The molecule has 1 aromatic carbocycles. The summed E-state index contributed by atoms with van der Waals surface area (Å²) in [6.45, 7) is 4.08. The molecule has 0 aliphatic rings. The third-order valence-electron chi connectivity index (χ3n) is 3.58. The van der Waals surface area contributed by atoms with Gasteiger partial charge in [-0.2, -0.15) is 0 Å². The number of aryl methyl sites for hydroxylation is 1. The van der Waals surface area contributed by atoms with Gasteiger partial charge in [0.05, 0.1) is 18.7 Å². The predicted octanol–water partition coefficient (Wildman–Crippen LogP) is 4.56. The summed E-state index contributed by atoms with van der Waals surface area (Å²) >= 11 is 4.61. The van der Waals surface area contributed by atoms with Crippen molar-refractivity contribution in [2.45, 2.75) is 30.4 Å². The first kappa shape index (κ1) is 20.5. The number of carbonyl (C=O) groups excluding carboxylic acids is 2. The van der Waals surface area contributed by atoms with Crippen LogP contribution in [-0.2, 0) is 21.7 Å². The lowest BCUT2D eigenvalue weighted by atomic mass is 10.1. The highest BCUT2D eigenvalue weighted by atomic mass is 32.2.